The van der Waals surface area contributed by atoms with Crippen LogP contribution in [0.4, 0.5) is 11.4 Å². The van der Waals surface area contributed by atoms with Crippen LogP contribution in [0.2, 0.25) is 0 Å². The van der Waals surface area contributed by atoms with Crippen molar-refractivity contribution in [3.63, 3.8) is 0 Å². The highest BCUT2D eigenvalue weighted by Crippen LogP contribution is 2.25. The van der Waals surface area contributed by atoms with Crippen molar-refractivity contribution in [2.75, 3.05) is 17.2 Å². The van der Waals surface area contributed by atoms with Crippen LogP contribution >= 0.6 is 12.2 Å². The zero-order valence-corrected chi connectivity index (χ0v) is 20.4. The molecule has 0 radical (unpaired) electrons. The fourth-order valence-electron chi connectivity index (χ4n) is 4.47. The van der Waals surface area contributed by atoms with Gasteiger partial charge in [0.1, 0.15) is 0 Å². The molecule has 0 saturated carbocycles. The summed E-state index contributed by atoms with van der Waals surface area (Å²) in [4.78, 5) is 13.0. The highest BCUT2D eigenvalue weighted by atomic mass is 32.1. The van der Waals surface area contributed by atoms with E-state index < -0.39 is 0 Å². The second-order valence-electron chi connectivity index (χ2n) is 8.66. The number of thiocarbonyl (C=S) groups is 1. The molecule has 0 atom stereocenters. The van der Waals surface area contributed by atoms with Crippen LogP contribution in [-0.2, 0) is 19.4 Å². The molecular weight excluding hydrogens is 440 g/mol. The summed E-state index contributed by atoms with van der Waals surface area (Å²) in [6, 6.07) is 15.6. The summed E-state index contributed by atoms with van der Waals surface area (Å²) >= 11 is 5.34. The number of hydrogen-bond acceptors (Lipinski definition) is 2. The Bertz CT molecular complexity index is 1260. The number of pyridine rings is 1. The van der Waals surface area contributed by atoms with Gasteiger partial charge >= 0.3 is 0 Å². The summed E-state index contributed by atoms with van der Waals surface area (Å²) in [5.74, 6) is 2.64. The number of aryl methyl sites for hydroxylation is 1. The predicted molar refractivity (Wildman–Crippen MR) is 143 cm³/mol. The van der Waals surface area contributed by atoms with Crippen LogP contribution in [0.15, 0.2) is 48.5 Å². The van der Waals surface area contributed by atoms with E-state index in [2.05, 4.69) is 45.5 Å². The summed E-state index contributed by atoms with van der Waals surface area (Å²) in [5.41, 5.74) is 5.92. The zero-order chi connectivity index (χ0) is 23.9. The van der Waals surface area contributed by atoms with Crippen molar-refractivity contribution < 1.29 is 9.36 Å². The van der Waals surface area contributed by atoms with Gasteiger partial charge in [0.15, 0.2) is 10.8 Å². The number of carbonyl (C=O) groups excluding carboxylic acids is 1. The zero-order valence-electron chi connectivity index (χ0n) is 19.6. The Morgan fingerprint density at radius 1 is 1.09 bits per heavy atom. The van der Waals surface area contributed by atoms with Crippen molar-refractivity contribution in [1.29, 1.82) is 0 Å². The van der Waals surface area contributed by atoms with Crippen molar-refractivity contribution >= 4 is 45.5 Å². The standard InChI is InChI=1S/C28H30N4OS/c1-3-5-15-29-28(34)31-23-11-8-10-21(18-23)27(33)30-24-13-14-26-22(19-24)17-20-9-6-7-12-25(20)32(26)16-4-2/h2,8,10-11,13-14,17-19H,3,5-7,9,12,15-16H2,1H3,(H2-,29,30,31,33,34)/p+1. The second-order valence-corrected chi connectivity index (χ2v) is 9.06. The molecule has 3 N–H and O–H groups in total. The van der Waals surface area contributed by atoms with Crippen molar-refractivity contribution in [2.45, 2.75) is 52.0 Å². The number of aromatic nitrogens is 1. The van der Waals surface area contributed by atoms with Crippen LogP contribution in [0.5, 0.6) is 0 Å². The van der Waals surface area contributed by atoms with Gasteiger partial charge in [0, 0.05) is 46.9 Å². The van der Waals surface area contributed by atoms with Gasteiger partial charge in [-0.2, -0.15) is 4.57 Å². The molecule has 0 unspecified atom stereocenters. The monoisotopic (exact) mass is 471 g/mol. The first kappa shape index (κ1) is 23.7. The van der Waals surface area contributed by atoms with E-state index in [-0.39, 0.29) is 5.91 Å². The molecule has 0 aliphatic heterocycles. The maximum atomic E-state index is 13.0. The first-order chi connectivity index (χ1) is 16.6. The summed E-state index contributed by atoms with van der Waals surface area (Å²) in [5, 5.41) is 11.0. The Labute approximate surface area is 207 Å². The van der Waals surface area contributed by atoms with Crippen LogP contribution in [-0.4, -0.2) is 17.6 Å². The smallest absolute Gasteiger partial charge is 0.255 e. The number of benzene rings is 2. The molecule has 1 aliphatic rings. The lowest BCUT2D eigenvalue weighted by molar-refractivity contribution is -0.667. The van der Waals surface area contributed by atoms with Gasteiger partial charge < -0.3 is 16.0 Å². The van der Waals surface area contributed by atoms with Crippen LogP contribution < -0.4 is 20.5 Å². The lowest BCUT2D eigenvalue weighted by Gasteiger charge is -2.16. The number of carbonyl (C=O) groups is 1. The quantitative estimate of drug-likeness (QED) is 0.197. The Morgan fingerprint density at radius 3 is 2.74 bits per heavy atom. The van der Waals surface area contributed by atoms with E-state index in [1.165, 1.54) is 24.1 Å². The minimum Gasteiger partial charge on any atom is -0.362 e. The first-order valence-corrected chi connectivity index (χ1v) is 12.4. The van der Waals surface area contributed by atoms with Crippen LogP contribution in [0.25, 0.3) is 10.9 Å². The third kappa shape index (κ3) is 5.55. The molecule has 0 spiro atoms. The van der Waals surface area contributed by atoms with Crippen LogP contribution in [0.3, 0.4) is 0 Å². The number of amides is 1. The second kappa shape index (κ2) is 11.1. The minimum absolute atomic E-state index is 0.165. The number of nitrogens with one attached hydrogen (secondary N) is 3. The van der Waals surface area contributed by atoms with E-state index in [1.54, 1.807) is 12.1 Å². The Balaban J connectivity index is 1.52. The van der Waals surface area contributed by atoms with Crippen LogP contribution in [0, 0.1) is 12.3 Å². The minimum atomic E-state index is -0.165. The average molecular weight is 472 g/mol. The van der Waals surface area contributed by atoms with Gasteiger partial charge in [-0.3, -0.25) is 4.79 Å². The molecule has 1 heterocycles. The number of rotatable bonds is 7. The van der Waals surface area contributed by atoms with Crippen molar-refractivity contribution in [2.24, 2.45) is 0 Å². The Kier molecular flexibility index (Phi) is 7.76. The van der Waals surface area contributed by atoms with Gasteiger partial charge in [0.25, 0.3) is 5.91 Å². The molecule has 4 rings (SSSR count). The van der Waals surface area contributed by atoms with E-state index in [9.17, 15) is 4.79 Å². The first-order valence-electron chi connectivity index (χ1n) is 12.0. The average Bonchev–Trinajstić information content (AvgIpc) is 2.84. The number of fused-ring (bicyclic) bond motifs is 2. The van der Waals surface area contributed by atoms with Gasteiger partial charge in [-0.05, 0) is 80.2 Å². The number of nitrogens with zero attached hydrogens (tertiary/aromatic N) is 1. The molecule has 34 heavy (non-hydrogen) atoms. The molecule has 3 aromatic rings. The predicted octanol–water partition coefficient (Wildman–Crippen LogP) is 4.98. The molecule has 0 fully saturated rings. The third-order valence-corrected chi connectivity index (χ3v) is 6.41. The topological polar surface area (TPSA) is 57.0 Å². The van der Waals surface area contributed by atoms with Crippen molar-refractivity contribution in [3.05, 3.63) is 65.4 Å². The SMILES string of the molecule is C#CC[n+]1c2c(cc3cc(NC(=O)c4cccc(NC(=S)NCCCC)c4)ccc31)CCCC2. The fourth-order valence-corrected chi connectivity index (χ4v) is 4.69. The molecular formula is C28H31N4OS+. The molecule has 1 amide bonds. The molecule has 2 aromatic carbocycles. The number of terminal acetylenes is 1. The largest absolute Gasteiger partial charge is 0.362 e. The van der Waals surface area contributed by atoms with Gasteiger partial charge in [-0.1, -0.05) is 19.4 Å². The fraction of sp³-hybridized carbons (Fsp3) is 0.321. The molecule has 5 nitrogen and oxygen atoms in total. The number of hydrogen-bond donors (Lipinski definition) is 3. The van der Waals surface area contributed by atoms with Gasteiger partial charge in [0.05, 0.1) is 0 Å². The Hall–Kier alpha value is -3.43. The lowest BCUT2D eigenvalue weighted by Crippen LogP contribution is -2.41. The van der Waals surface area contributed by atoms with E-state index in [1.807, 2.05) is 24.3 Å². The molecule has 0 saturated heterocycles. The lowest BCUT2D eigenvalue weighted by atomic mass is 9.94. The van der Waals surface area contributed by atoms with Gasteiger partial charge in [-0.15, -0.1) is 6.42 Å². The van der Waals surface area contributed by atoms with Crippen LogP contribution in [0.1, 0.15) is 54.2 Å². The van der Waals surface area contributed by atoms with E-state index in [4.69, 9.17) is 18.6 Å². The van der Waals surface area contributed by atoms with E-state index >= 15 is 0 Å². The summed E-state index contributed by atoms with van der Waals surface area (Å²) < 4.78 is 2.25. The van der Waals surface area contributed by atoms with Gasteiger partial charge in [-0.25, -0.2) is 0 Å². The summed E-state index contributed by atoms with van der Waals surface area (Å²) in [6.45, 7) is 3.52. The van der Waals surface area contributed by atoms with E-state index in [0.29, 0.717) is 17.2 Å². The van der Waals surface area contributed by atoms with E-state index in [0.717, 1.165) is 54.5 Å². The molecule has 1 aromatic heterocycles. The molecule has 6 heteroatoms. The highest BCUT2D eigenvalue weighted by Gasteiger charge is 2.23. The summed E-state index contributed by atoms with van der Waals surface area (Å²) in [6.07, 6.45) is 12.4. The highest BCUT2D eigenvalue weighted by molar-refractivity contribution is 7.80. The molecule has 1 aliphatic carbocycles. The molecule has 174 valence electrons. The summed E-state index contributed by atoms with van der Waals surface area (Å²) in [7, 11) is 0. The third-order valence-electron chi connectivity index (χ3n) is 6.16. The van der Waals surface area contributed by atoms with Crippen molar-refractivity contribution in [1.82, 2.24) is 5.32 Å². The maximum Gasteiger partial charge on any atom is 0.255 e. The molecule has 0 bridgehead atoms. The number of unbranched alkanes of at least 4 members (excludes halogenated alkanes) is 1. The number of anilines is 2. The normalized spacial score (nSPS) is 12.5. The van der Waals surface area contributed by atoms with Crippen molar-refractivity contribution in [3.8, 4) is 12.3 Å². The van der Waals surface area contributed by atoms with Gasteiger partial charge in [0.2, 0.25) is 12.1 Å². The maximum absolute atomic E-state index is 13.0. The Morgan fingerprint density at radius 2 is 1.91 bits per heavy atom.